The number of hydrogen-bond acceptors (Lipinski definition) is 6. The summed E-state index contributed by atoms with van der Waals surface area (Å²) in [6.45, 7) is 0. The molecule has 0 saturated heterocycles. The highest BCUT2D eigenvalue weighted by Crippen LogP contribution is 2.24. The van der Waals surface area contributed by atoms with E-state index in [-0.39, 0.29) is 10.7 Å². The summed E-state index contributed by atoms with van der Waals surface area (Å²) in [5.74, 6) is 0.246. The standard InChI is InChI=1S/C8H10N6O2S/c1-10-17(15,16)5-2-3-7(9)6(4-5)8-11-13-14-12-8/h2-4,10H,9H2,1H3,(H,11,12,13,14). The molecule has 90 valence electrons. The molecule has 2 rings (SSSR count). The number of H-pyrrole nitrogens is 1. The number of nitrogens with one attached hydrogen (secondary N) is 2. The van der Waals surface area contributed by atoms with Gasteiger partial charge in [-0.25, -0.2) is 13.1 Å². The molecule has 0 fully saturated rings. The zero-order valence-corrected chi connectivity index (χ0v) is 9.69. The number of hydrogen-bond donors (Lipinski definition) is 3. The van der Waals surface area contributed by atoms with Crippen molar-refractivity contribution in [3.8, 4) is 11.4 Å². The fourth-order valence-corrected chi connectivity index (χ4v) is 2.05. The van der Waals surface area contributed by atoms with Gasteiger partial charge in [0.15, 0.2) is 0 Å². The molecule has 0 radical (unpaired) electrons. The highest BCUT2D eigenvalue weighted by molar-refractivity contribution is 7.89. The number of benzene rings is 1. The van der Waals surface area contributed by atoms with Gasteiger partial charge in [-0.15, -0.1) is 10.2 Å². The van der Waals surface area contributed by atoms with Crippen LogP contribution in [0.2, 0.25) is 0 Å². The van der Waals surface area contributed by atoms with E-state index < -0.39 is 10.0 Å². The van der Waals surface area contributed by atoms with Crippen LogP contribution in [0.25, 0.3) is 11.4 Å². The van der Waals surface area contributed by atoms with Crippen molar-refractivity contribution in [3.63, 3.8) is 0 Å². The second-order valence-electron chi connectivity index (χ2n) is 3.19. The molecule has 4 N–H and O–H groups in total. The number of aromatic nitrogens is 4. The van der Waals surface area contributed by atoms with Gasteiger partial charge in [-0.1, -0.05) is 0 Å². The van der Waals surface area contributed by atoms with Crippen LogP contribution in [0.5, 0.6) is 0 Å². The molecule has 9 heteroatoms. The maximum Gasteiger partial charge on any atom is 0.240 e. The minimum Gasteiger partial charge on any atom is -0.398 e. The smallest absolute Gasteiger partial charge is 0.240 e. The summed E-state index contributed by atoms with van der Waals surface area (Å²) in [5.41, 5.74) is 6.52. The number of tetrazole rings is 1. The maximum atomic E-state index is 11.6. The minimum atomic E-state index is -3.52. The molecule has 1 aromatic carbocycles. The van der Waals surface area contributed by atoms with Gasteiger partial charge < -0.3 is 5.73 Å². The van der Waals surface area contributed by atoms with Gasteiger partial charge in [-0.2, -0.15) is 5.21 Å². The number of nitrogens with zero attached hydrogens (tertiary/aromatic N) is 3. The second kappa shape index (κ2) is 4.11. The van der Waals surface area contributed by atoms with E-state index in [1.54, 1.807) is 0 Å². The fourth-order valence-electron chi connectivity index (χ4n) is 1.29. The summed E-state index contributed by atoms with van der Waals surface area (Å²) < 4.78 is 25.5. The predicted molar refractivity (Wildman–Crippen MR) is 60.3 cm³/mol. The summed E-state index contributed by atoms with van der Waals surface area (Å²) in [7, 11) is -2.19. The Morgan fingerprint density at radius 3 is 2.76 bits per heavy atom. The second-order valence-corrected chi connectivity index (χ2v) is 5.08. The lowest BCUT2D eigenvalue weighted by atomic mass is 10.2. The first-order valence-corrected chi connectivity index (χ1v) is 6.10. The van der Waals surface area contributed by atoms with Crippen molar-refractivity contribution >= 4 is 15.7 Å². The van der Waals surface area contributed by atoms with E-state index in [9.17, 15) is 8.42 Å². The van der Waals surface area contributed by atoms with Gasteiger partial charge in [-0.05, 0) is 30.5 Å². The van der Waals surface area contributed by atoms with Crippen LogP contribution in [0.1, 0.15) is 0 Å². The lowest BCUT2D eigenvalue weighted by molar-refractivity contribution is 0.588. The van der Waals surface area contributed by atoms with Crippen molar-refractivity contribution in [3.05, 3.63) is 18.2 Å². The van der Waals surface area contributed by atoms with Crippen molar-refractivity contribution in [1.82, 2.24) is 25.3 Å². The molecular weight excluding hydrogens is 244 g/mol. The van der Waals surface area contributed by atoms with Crippen LogP contribution in [0, 0.1) is 0 Å². The van der Waals surface area contributed by atoms with Crippen LogP contribution in [0.4, 0.5) is 5.69 Å². The monoisotopic (exact) mass is 254 g/mol. The summed E-state index contributed by atoms with van der Waals surface area (Å²) in [5, 5.41) is 13.2. The van der Waals surface area contributed by atoms with E-state index in [4.69, 9.17) is 5.73 Å². The first-order chi connectivity index (χ1) is 8.04. The van der Waals surface area contributed by atoms with Crippen molar-refractivity contribution in [2.45, 2.75) is 4.90 Å². The third-order valence-corrected chi connectivity index (χ3v) is 3.60. The van der Waals surface area contributed by atoms with E-state index in [0.29, 0.717) is 11.3 Å². The third-order valence-electron chi connectivity index (χ3n) is 2.19. The van der Waals surface area contributed by atoms with Crippen LogP contribution in [-0.2, 0) is 10.0 Å². The van der Waals surface area contributed by atoms with E-state index >= 15 is 0 Å². The molecule has 0 saturated carbocycles. The Kier molecular flexibility index (Phi) is 2.77. The summed E-state index contributed by atoms with van der Waals surface area (Å²) in [4.78, 5) is 0.0917. The van der Waals surface area contributed by atoms with Crippen LogP contribution < -0.4 is 10.5 Å². The van der Waals surface area contributed by atoms with Crippen LogP contribution >= 0.6 is 0 Å². The van der Waals surface area contributed by atoms with Crippen LogP contribution in [-0.4, -0.2) is 36.1 Å². The van der Waals surface area contributed by atoms with Gasteiger partial charge in [-0.3, -0.25) is 0 Å². The Balaban J connectivity index is 2.59. The van der Waals surface area contributed by atoms with E-state index in [0.717, 1.165) is 0 Å². The largest absolute Gasteiger partial charge is 0.398 e. The number of sulfonamides is 1. The molecule has 2 aromatic rings. The fraction of sp³-hybridized carbons (Fsp3) is 0.125. The molecule has 8 nitrogen and oxygen atoms in total. The Hall–Kier alpha value is -2.00. The zero-order valence-electron chi connectivity index (χ0n) is 8.88. The Morgan fingerprint density at radius 1 is 1.41 bits per heavy atom. The van der Waals surface area contributed by atoms with Gasteiger partial charge in [0.2, 0.25) is 15.8 Å². The summed E-state index contributed by atoms with van der Waals surface area (Å²) in [6, 6.07) is 4.28. The Labute approximate surface area is 97.3 Å². The summed E-state index contributed by atoms with van der Waals surface area (Å²) in [6.07, 6.45) is 0. The van der Waals surface area contributed by atoms with E-state index in [2.05, 4.69) is 25.3 Å². The number of aromatic amines is 1. The van der Waals surface area contributed by atoms with E-state index in [1.165, 1.54) is 25.2 Å². The van der Waals surface area contributed by atoms with Crippen LogP contribution in [0.3, 0.4) is 0 Å². The van der Waals surface area contributed by atoms with Gasteiger partial charge >= 0.3 is 0 Å². The van der Waals surface area contributed by atoms with Crippen molar-refractivity contribution in [2.24, 2.45) is 0 Å². The average molecular weight is 254 g/mol. The molecule has 0 aliphatic carbocycles. The number of rotatable bonds is 3. The lowest BCUT2D eigenvalue weighted by Crippen LogP contribution is -2.18. The Morgan fingerprint density at radius 2 is 2.18 bits per heavy atom. The first kappa shape index (κ1) is 11.5. The molecule has 0 aliphatic heterocycles. The summed E-state index contributed by atoms with van der Waals surface area (Å²) >= 11 is 0. The minimum absolute atomic E-state index is 0.0917. The average Bonchev–Trinajstić information content (AvgIpc) is 2.83. The van der Waals surface area contributed by atoms with Gasteiger partial charge in [0.25, 0.3) is 0 Å². The topological polar surface area (TPSA) is 127 Å². The van der Waals surface area contributed by atoms with Crippen molar-refractivity contribution < 1.29 is 8.42 Å². The number of anilines is 1. The molecule has 0 bridgehead atoms. The Bertz CT molecular complexity index is 621. The lowest BCUT2D eigenvalue weighted by Gasteiger charge is -2.05. The number of nitrogens with two attached hydrogens (primary N) is 1. The molecule has 1 heterocycles. The van der Waals surface area contributed by atoms with Gasteiger partial charge in [0.1, 0.15) is 0 Å². The highest BCUT2D eigenvalue weighted by Gasteiger charge is 2.15. The molecular formula is C8H10N6O2S. The molecule has 0 aliphatic rings. The molecule has 1 aromatic heterocycles. The first-order valence-electron chi connectivity index (χ1n) is 4.61. The van der Waals surface area contributed by atoms with Crippen LogP contribution in [0.15, 0.2) is 23.1 Å². The zero-order chi connectivity index (χ0) is 12.5. The van der Waals surface area contributed by atoms with Gasteiger partial charge in [0, 0.05) is 11.3 Å². The molecule has 0 atom stereocenters. The molecule has 0 amide bonds. The number of nitrogen functional groups attached to an aromatic ring is 1. The molecule has 17 heavy (non-hydrogen) atoms. The van der Waals surface area contributed by atoms with Gasteiger partial charge in [0.05, 0.1) is 4.90 Å². The quantitative estimate of drug-likeness (QED) is 0.625. The third kappa shape index (κ3) is 2.10. The molecule has 0 spiro atoms. The predicted octanol–water partition coefficient (Wildman–Crippen LogP) is -0.643. The maximum absolute atomic E-state index is 11.6. The van der Waals surface area contributed by atoms with Crippen molar-refractivity contribution in [1.29, 1.82) is 0 Å². The highest BCUT2D eigenvalue weighted by atomic mass is 32.2. The molecule has 0 unspecified atom stereocenters. The normalized spacial score (nSPS) is 11.6. The van der Waals surface area contributed by atoms with E-state index in [1.807, 2.05) is 0 Å². The SMILES string of the molecule is CNS(=O)(=O)c1ccc(N)c(-c2nn[nH]n2)c1. The van der Waals surface area contributed by atoms with Crippen molar-refractivity contribution in [2.75, 3.05) is 12.8 Å².